The number of amides is 1. The van der Waals surface area contributed by atoms with Crippen molar-refractivity contribution >= 4 is 43.4 Å². The van der Waals surface area contributed by atoms with Gasteiger partial charge in [0.2, 0.25) is 5.91 Å². The van der Waals surface area contributed by atoms with Crippen molar-refractivity contribution in [1.82, 2.24) is 14.5 Å². The van der Waals surface area contributed by atoms with E-state index >= 15 is 0 Å². The first kappa shape index (κ1) is 19.6. The van der Waals surface area contributed by atoms with Gasteiger partial charge >= 0.3 is 0 Å². The molecule has 0 bridgehead atoms. The average molecular weight is 450 g/mol. The smallest absolute Gasteiger partial charge is 0.262 e. The highest BCUT2D eigenvalue weighted by atomic mass is 79.9. The van der Waals surface area contributed by atoms with Gasteiger partial charge in [0.15, 0.2) is 0 Å². The minimum atomic E-state index is -0.172. The van der Waals surface area contributed by atoms with Crippen LogP contribution < -0.4 is 10.3 Å². The van der Waals surface area contributed by atoms with E-state index in [1.165, 1.54) is 22.2 Å². The Labute approximate surface area is 169 Å². The average Bonchev–Trinajstić information content (AvgIpc) is 2.93. The van der Waals surface area contributed by atoms with Crippen LogP contribution in [0.1, 0.15) is 10.4 Å². The fraction of sp³-hybridized carbons (Fsp3) is 0.316. The van der Waals surface area contributed by atoms with E-state index in [-0.39, 0.29) is 18.0 Å². The summed E-state index contributed by atoms with van der Waals surface area (Å²) >= 11 is 4.87. The topological polar surface area (TPSA) is 64.4 Å². The number of ether oxygens (including phenoxy) is 1. The number of rotatable bonds is 6. The van der Waals surface area contributed by atoms with Crippen LogP contribution in [0.25, 0.3) is 10.2 Å². The third-order valence-electron chi connectivity index (χ3n) is 4.40. The minimum absolute atomic E-state index is 0.0368. The summed E-state index contributed by atoms with van der Waals surface area (Å²) in [5, 5.41) is 0.606. The van der Waals surface area contributed by atoms with Gasteiger partial charge in [0.05, 0.1) is 18.3 Å². The van der Waals surface area contributed by atoms with E-state index in [2.05, 4.69) is 20.9 Å². The molecule has 0 aliphatic heterocycles. The molecule has 6 nitrogen and oxygen atoms in total. The summed E-state index contributed by atoms with van der Waals surface area (Å²) in [4.78, 5) is 32.8. The molecule has 0 aliphatic carbocycles. The molecular weight excluding hydrogens is 430 g/mol. The van der Waals surface area contributed by atoms with Gasteiger partial charge in [0.25, 0.3) is 5.56 Å². The quantitative estimate of drug-likeness (QED) is 0.578. The Morgan fingerprint density at radius 3 is 2.70 bits per heavy atom. The van der Waals surface area contributed by atoms with Crippen LogP contribution in [0.2, 0.25) is 0 Å². The van der Waals surface area contributed by atoms with Crippen LogP contribution in [0.5, 0.6) is 5.75 Å². The van der Waals surface area contributed by atoms with Crippen LogP contribution in [0, 0.1) is 13.8 Å². The molecule has 0 saturated carbocycles. The Balaban J connectivity index is 1.62. The lowest BCUT2D eigenvalue weighted by molar-refractivity contribution is -0.130. The molecule has 0 fully saturated rings. The molecular formula is C19H20BrN3O3S. The number of thiophene rings is 1. The standard InChI is InChI=1S/C19H20BrN3O3S/c1-12-13(2)27-18-17(12)19(25)23(11-21-18)10-16(24)22(3)8-9-26-15-6-4-14(20)5-7-15/h4-7,11H,8-10H2,1-3H3. The Morgan fingerprint density at radius 1 is 1.30 bits per heavy atom. The maximum Gasteiger partial charge on any atom is 0.262 e. The molecule has 3 aromatic rings. The first-order valence-corrected chi connectivity index (χ1v) is 10.0. The van der Waals surface area contributed by atoms with Gasteiger partial charge in [0, 0.05) is 16.4 Å². The number of likely N-dealkylation sites (N-methyl/N-ethyl adjacent to an activating group) is 1. The molecule has 1 amide bonds. The molecule has 0 saturated heterocycles. The highest BCUT2D eigenvalue weighted by Gasteiger charge is 2.15. The zero-order valence-electron chi connectivity index (χ0n) is 15.4. The molecule has 2 aromatic heterocycles. The van der Waals surface area contributed by atoms with E-state index in [1.807, 2.05) is 38.1 Å². The third kappa shape index (κ3) is 4.39. The molecule has 27 heavy (non-hydrogen) atoms. The lowest BCUT2D eigenvalue weighted by atomic mass is 10.2. The summed E-state index contributed by atoms with van der Waals surface area (Å²) in [7, 11) is 1.70. The van der Waals surface area contributed by atoms with Gasteiger partial charge < -0.3 is 9.64 Å². The van der Waals surface area contributed by atoms with Gasteiger partial charge in [-0.25, -0.2) is 4.98 Å². The maximum absolute atomic E-state index is 12.7. The summed E-state index contributed by atoms with van der Waals surface area (Å²) < 4.78 is 7.99. The first-order valence-electron chi connectivity index (χ1n) is 8.44. The van der Waals surface area contributed by atoms with Crippen LogP contribution in [-0.2, 0) is 11.3 Å². The van der Waals surface area contributed by atoms with Crippen molar-refractivity contribution in [2.75, 3.05) is 20.2 Å². The van der Waals surface area contributed by atoms with E-state index in [0.717, 1.165) is 25.5 Å². The summed E-state index contributed by atoms with van der Waals surface area (Å²) in [6.45, 7) is 4.64. The Kier molecular flexibility index (Phi) is 5.96. The van der Waals surface area contributed by atoms with E-state index in [1.54, 1.807) is 11.9 Å². The van der Waals surface area contributed by atoms with Crippen molar-refractivity contribution in [2.45, 2.75) is 20.4 Å². The maximum atomic E-state index is 12.7. The van der Waals surface area contributed by atoms with Crippen molar-refractivity contribution < 1.29 is 9.53 Å². The van der Waals surface area contributed by atoms with Crippen LogP contribution in [0.3, 0.4) is 0 Å². The second-order valence-electron chi connectivity index (χ2n) is 6.26. The van der Waals surface area contributed by atoms with Crippen molar-refractivity contribution in [3.8, 4) is 5.75 Å². The first-order chi connectivity index (χ1) is 12.9. The van der Waals surface area contributed by atoms with E-state index < -0.39 is 0 Å². The van der Waals surface area contributed by atoms with E-state index in [9.17, 15) is 9.59 Å². The number of halogens is 1. The number of nitrogens with zero attached hydrogens (tertiary/aromatic N) is 3. The number of hydrogen-bond acceptors (Lipinski definition) is 5. The van der Waals surface area contributed by atoms with Crippen LogP contribution in [-0.4, -0.2) is 40.6 Å². The molecule has 1 aromatic carbocycles. The van der Waals surface area contributed by atoms with Crippen LogP contribution >= 0.6 is 27.3 Å². The van der Waals surface area contributed by atoms with Crippen molar-refractivity contribution in [3.05, 3.63) is 55.9 Å². The summed E-state index contributed by atoms with van der Waals surface area (Å²) in [6, 6.07) is 7.51. The fourth-order valence-corrected chi connectivity index (χ4v) is 3.86. The van der Waals surface area contributed by atoms with Gasteiger partial charge in [-0.3, -0.25) is 14.2 Å². The summed E-state index contributed by atoms with van der Waals surface area (Å²) in [5.74, 6) is 0.579. The monoisotopic (exact) mass is 449 g/mol. The second kappa shape index (κ2) is 8.22. The number of carbonyl (C=O) groups is 1. The molecule has 0 radical (unpaired) electrons. The second-order valence-corrected chi connectivity index (χ2v) is 8.38. The molecule has 0 unspecified atom stereocenters. The third-order valence-corrected chi connectivity index (χ3v) is 6.04. The Morgan fingerprint density at radius 2 is 2.00 bits per heavy atom. The zero-order chi connectivity index (χ0) is 19.6. The molecule has 0 aliphatic rings. The van der Waals surface area contributed by atoms with Gasteiger partial charge in [-0.05, 0) is 43.7 Å². The summed E-state index contributed by atoms with van der Waals surface area (Å²) in [5.41, 5.74) is 0.764. The number of aryl methyl sites for hydroxylation is 2. The lowest BCUT2D eigenvalue weighted by Crippen LogP contribution is -2.36. The van der Waals surface area contributed by atoms with E-state index in [4.69, 9.17) is 4.74 Å². The number of benzene rings is 1. The fourth-order valence-electron chi connectivity index (χ4n) is 2.60. The normalized spacial score (nSPS) is 11.0. The number of carbonyl (C=O) groups excluding carboxylic acids is 1. The predicted molar refractivity (Wildman–Crippen MR) is 111 cm³/mol. The highest BCUT2D eigenvalue weighted by molar-refractivity contribution is 9.10. The van der Waals surface area contributed by atoms with Gasteiger partial charge in [-0.1, -0.05) is 15.9 Å². The number of hydrogen-bond donors (Lipinski definition) is 0. The van der Waals surface area contributed by atoms with Crippen molar-refractivity contribution in [1.29, 1.82) is 0 Å². The Bertz CT molecular complexity index is 1030. The largest absolute Gasteiger partial charge is 0.492 e. The molecule has 0 atom stereocenters. The summed E-state index contributed by atoms with van der Waals surface area (Å²) in [6.07, 6.45) is 1.45. The molecule has 2 heterocycles. The highest BCUT2D eigenvalue weighted by Crippen LogP contribution is 2.25. The van der Waals surface area contributed by atoms with Crippen molar-refractivity contribution in [3.63, 3.8) is 0 Å². The van der Waals surface area contributed by atoms with Gasteiger partial charge in [-0.2, -0.15) is 0 Å². The SMILES string of the molecule is Cc1sc2ncn(CC(=O)N(C)CCOc3ccc(Br)cc3)c(=O)c2c1C. The van der Waals surface area contributed by atoms with Gasteiger partial charge in [0.1, 0.15) is 23.7 Å². The van der Waals surface area contributed by atoms with Crippen LogP contribution in [0.4, 0.5) is 0 Å². The molecule has 142 valence electrons. The molecule has 0 spiro atoms. The zero-order valence-corrected chi connectivity index (χ0v) is 17.8. The predicted octanol–water partition coefficient (Wildman–Crippen LogP) is 3.37. The number of fused-ring (bicyclic) bond motifs is 1. The van der Waals surface area contributed by atoms with Crippen molar-refractivity contribution in [2.24, 2.45) is 0 Å². The van der Waals surface area contributed by atoms with Gasteiger partial charge in [-0.15, -0.1) is 11.3 Å². The lowest BCUT2D eigenvalue weighted by Gasteiger charge is -2.18. The van der Waals surface area contributed by atoms with Crippen LogP contribution in [0.15, 0.2) is 39.9 Å². The molecule has 3 rings (SSSR count). The Hall–Kier alpha value is -2.19. The molecule has 8 heteroatoms. The minimum Gasteiger partial charge on any atom is -0.492 e. The number of aromatic nitrogens is 2. The van der Waals surface area contributed by atoms with E-state index in [0.29, 0.717) is 18.5 Å². The molecule has 0 N–H and O–H groups in total.